The van der Waals surface area contributed by atoms with E-state index in [1.165, 1.54) is 38.2 Å². The standard InChI is InChI=1S/C59H78FN3O5/c1-53(2)41(50(64)67-35-36-14-10-9-11-15-36)33-42(53)51(65)68-47-23-24-56(6)45(54(47,3)4)22-25-58(8)46(56)20-19-40-48-39(55(5)27-28-55)21-26-59(48,30-29-57(40,58)7)52(66)63-31-13-18-44(63)49-61-34-43(62-49)37-16-12-17-38(60)32-37/h9-12,14-17,32,34,39-42,44-48H,13,18-31,33,35H2,1-8H3,(H,61,62)/t39?,40-,41+,42-,44+,45+,46-,47+,48-,56+,57-,58-,59+/m1/s1. The number of carbonyl (C=O) groups is 3. The summed E-state index contributed by atoms with van der Waals surface area (Å²) in [5.41, 5.74) is 2.20. The molecule has 2 aromatic carbocycles. The summed E-state index contributed by atoms with van der Waals surface area (Å²) >= 11 is 0. The van der Waals surface area contributed by atoms with Crippen LogP contribution in [-0.4, -0.2) is 45.4 Å². The van der Waals surface area contributed by atoms with E-state index in [1.54, 1.807) is 12.1 Å². The molecule has 1 aliphatic heterocycles. The number of aromatic nitrogens is 2. The monoisotopic (exact) mass is 928 g/mol. The number of benzene rings is 2. The molecule has 1 aromatic heterocycles. The predicted molar refractivity (Wildman–Crippen MR) is 261 cm³/mol. The largest absolute Gasteiger partial charge is 0.462 e. The molecule has 0 radical (unpaired) electrons. The van der Waals surface area contributed by atoms with Crippen molar-refractivity contribution in [1.29, 1.82) is 0 Å². The molecule has 0 bridgehead atoms. The molecule has 1 amide bonds. The second-order valence-electron chi connectivity index (χ2n) is 26.0. The maximum Gasteiger partial charge on any atom is 0.309 e. The number of rotatable bonds is 9. The van der Waals surface area contributed by atoms with Crippen molar-refractivity contribution in [1.82, 2.24) is 14.9 Å². The molecular formula is C59H78FN3O5. The van der Waals surface area contributed by atoms with Gasteiger partial charge < -0.3 is 19.4 Å². The number of H-pyrrole nitrogens is 1. The Hall–Kier alpha value is -4.01. The van der Waals surface area contributed by atoms with Gasteiger partial charge in [0.1, 0.15) is 24.4 Å². The van der Waals surface area contributed by atoms with Crippen molar-refractivity contribution < 1.29 is 28.2 Å². The van der Waals surface area contributed by atoms with E-state index in [9.17, 15) is 14.0 Å². The Balaban J connectivity index is 0.806. The van der Waals surface area contributed by atoms with Crippen molar-refractivity contribution in [3.05, 3.63) is 78.0 Å². The summed E-state index contributed by atoms with van der Waals surface area (Å²) in [6, 6.07) is 16.3. The maximum atomic E-state index is 15.8. The zero-order valence-electron chi connectivity index (χ0n) is 42.3. The number of fused-ring (bicyclic) bond motifs is 7. The van der Waals surface area contributed by atoms with Gasteiger partial charge in [-0.25, -0.2) is 9.37 Å². The lowest BCUT2D eigenvalue weighted by molar-refractivity contribution is -0.253. The molecule has 8 fully saturated rings. The van der Waals surface area contributed by atoms with Gasteiger partial charge in [-0.3, -0.25) is 14.4 Å². The first-order valence-electron chi connectivity index (χ1n) is 26.8. The molecule has 7 aliphatic carbocycles. The van der Waals surface area contributed by atoms with Crippen LogP contribution in [0.3, 0.4) is 0 Å². The number of ether oxygens (including phenoxy) is 2. The first-order chi connectivity index (χ1) is 32.3. The van der Waals surface area contributed by atoms with Crippen molar-refractivity contribution in [2.45, 2.75) is 170 Å². The number of aromatic amines is 1. The number of nitrogens with one attached hydrogen (secondary N) is 1. The average molecular weight is 928 g/mol. The van der Waals surface area contributed by atoms with Crippen molar-refractivity contribution in [2.75, 3.05) is 6.54 Å². The van der Waals surface area contributed by atoms with E-state index in [4.69, 9.17) is 14.5 Å². The summed E-state index contributed by atoms with van der Waals surface area (Å²) in [4.78, 5) is 53.8. The minimum Gasteiger partial charge on any atom is -0.462 e. The Kier molecular flexibility index (Phi) is 10.9. The third-order valence-corrected chi connectivity index (χ3v) is 22.6. The smallest absolute Gasteiger partial charge is 0.309 e. The van der Waals surface area contributed by atoms with Crippen molar-refractivity contribution in [3.8, 4) is 11.3 Å². The molecule has 11 rings (SSSR count). The van der Waals surface area contributed by atoms with Crippen molar-refractivity contribution >= 4 is 17.8 Å². The first kappa shape index (κ1) is 46.4. The Labute approximate surface area is 405 Å². The number of nitrogens with zero attached hydrogens (tertiary/aromatic N) is 2. The van der Waals surface area contributed by atoms with Crippen LogP contribution < -0.4 is 0 Å². The number of carbonyl (C=O) groups excluding carboxylic acids is 3. The second-order valence-corrected chi connectivity index (χ2v) is 26.0. The number of likely N-dealkylation sites (tertiary alicyclic amines) is 1. The van der Waals surface area contributed by atoms with Crippen LogP contribution in [0.2, 0.25) is 0 Å². The third kappa shape index (κ3) is 6.81. The predicted octanol–water partition coefficient (Wildman–Crippen LogP) is 13.1. The summed E-state index contributed by atoms with van der Waals surface area (Å²) in [5.74, 6) is 2.39. The molecule has 1 unspecified atom stereocenters. The molecule has 13 atom stereocenters. The molecule has 0 spiro atoms. The van der Waals surface area contributed by atoms with E-state index in [0.29, 0.717) is 47.3 Å². The maximum absolute atomic E-state index is 15.8. The van der Waals surface area contributed by atoms with Crippen LogP contribution in [0.1, 0.15) is 169 Å². The lowest BCUT2D eigenvalue weighted by atomic mass is 9.32. The SMILES string of the molecule is CC1(C2CC[C@]3(C(=O)N4CCC[C@H]4c4ncc(-c5cccc(F)c5)[nH]4)CC[C@]4(C)[C@H](CC[C@@H]5[C@@]6(C)CC[C@H](OC(=O)[C@H]7C[C@@H](C(=O)OCc8ccccc8)C7(C)C)C(C)(C)[C@@H]6CC[C@]54C)[C@@H]23)CC1. The van der Waals surface area contributed by atoms with Crippen LogP contribution in [0.5, 0.6) is 0 Å². The summed E-state index contributed by atoms with van der Waals surface area (Å²) in [6.45, 7) is 20.4. The lowest BCUT2D eigenvalue weighted by Gasteiger charge is -2.73. The number of esters is 2. The fourth-order valence-electron chi connectivity index (χ4n) is 18.2. The van der Waals surface area contributed by atoms with Gasteiger partial charge in [0.2, 0.25) is 5.91 Å². The average Bonchev–Trinajstić information content (AvgIpc) is 3.68. The van der Waals surface area contributed by atoms with E-state index in [2.05, 4.69) is 51.4 Å². The van der Waals surface area contributed by atoms with Crippen LogP contribution >= 0.6 is 0 Å². The number of hydrogen-bond acceptors (Lipinski definition) is 6. The molecule has 8 aliphatic rings. The molecule has 7 saturated carbocycles. The molecular weight excluding hydrogens is 850 g/mol. The van der Waals surface area contributed by atoms with Crippen molar-refractivity contribution in [3.63, 3.8) is 0 Å². The van der Waals surface area contributed by atoms with Gasteiger partial charge in [-0.1, -0.05) is 97.9 Å². The summed E-state index contributed by atoms with van der Waals surface area (Å²) in [7, 11) is 0. The van der Waals surface area contributed by atoms with E-state index >= 15 is 4.79 Å². The third-order valence-electron chi connectivity index (χ3n) is 22.6. The van der Waals surface area contributed by atoms with Gasteiger partial charge >= 0.3 is 11.9 Å². The van der Waals surface area contributed by atoms with Crippen LogP contribution in [0.25, 0.3) is 11.3 Å². The molecule has 2 heterocycles. The van der Waals surface area contributed by atoms with Gasteiger partial charge in [-0.15, -0.1) is 0 Å². The van der Waals surface area contributed by atoms with E-state index in [-0.39, 0.29) is 75.4 Å². The molecule has 1 saturated heterocycles. The molecule has 1 N–H and O–H groups in total. The highest BCUT2D eigenvalue weighted by molar-refractivity contribution is 5.85. The van der Waals surface area contributed by atoms with Crippen LogP contribution in [0.15, 0.2) is 60.8 Å². The highest BCUT2D eigenvalue weighted by Crippen LogP contribution is 2.79. The highest BCUT2D eigenvalue weighted by atomic mass is 19.1. The summed E-state index contributed by atoms with van der Waals surface area (Å²) in [6.07, 6.45) is 17.4. The molecule has 366 valence electrons. The van der Waals surface area contributed by atoms with Crippen molar-refractivity contribution in [2.24, 2.45) is 79.3 Å². The van der Waals surface area contributed by atoms with Crippen LogP contribution in [0.4, 0.5) is 4.39 Å². The second kappa shape index (κ2) is 16.0. The Bertz CT molecular complexity index is 2460. The molecule has 9 heteroatoms. The van der Waals surface area contributed by atoms with Gasteiger partial charge in [-0.2, -0.15) is 0 Å². The summed E-state index contributed by atoms with van der Waals surface area (Å²) in [5, 5.41) is 0. The zero-order valence-corrected chi connectivity index (χ0v) is 42.3. The van der Waals surface area contributed by atoms with E-state index < -0.39 is 5.41 Å². The van der Waals surface area contributed by atoms with Gasteiger partial charge in [0.05, 0.1) is 35.2 Å². The lowest BCUT2D eigenvalue weighted by Crippen LogP contribution is -2.67. The first-order valence-corrected chi connectivity index (χ1v) is 26.8. The number of amides is 1. The Morgan fingerprint density at radius 3 is 2.24 bits per heavy atom. The molecule has 3 aromatic rings. The quantitative estimate of drug-likeness (QED) is 0.215. The number of imidazole rings is 1. The van der Waals surface area contributed by atoms with Gasteiger partial charge in [-0.05, 0) is 171 Å². The highest BCUT2D eigenvalue weighted by Gasteiger charge is 2.74. The number of hydrogen-bond donors (Lipinski definition) is 1. The summed E-state index contributed by atoms with van der Waals surface area (Å²) < 4.78 is 26.6. The Morgan fingerprint density at radius 1 is 0.735 bits per heavy atom. The van der Waals surface area contributed by atoms with Crippen LogP contribution in [-0.2, 0) is 30.5 Å². The molecule has 8 nitrogen and oxygen atoms in total. The zero-order chi connectivity index (χ0) is 47.8. The van der Waals surface area contributed by atoms with Crippen LogP contribution in [0, 0.1) is 85.1 Å². The van der Waals surface area contributed by atoms with Gasteiger partial charge in [0.15, 0.2) is 0 Å². The topological polar surface area (TPSA) is 102 Å². The normalized spacial score (nSPS) is 40.4. The fourth-order valence-corrected chi connectivity index (χ4v) is 18.2. The van der Waals surface area contributed by atoms with E-state index in [1.807, 2.05) is 56.4 Å². The molecule has 68 heavy (non-hydrogen) atoms. The minimum atomic E-state index is -0.526. The van der Waals surface area contributed by atoms with E-state index in [0.717, 1.165) is 87.0 Å². The number of halogens is 1. The van der Waals surface area contributed by atoms with Gasteiger partial charge in [0, 0.05) is 17.5 Å². The minimum absolute atomic E-state index is 0.0870. The van der Waals surface area contributed by atoms with Gasteiger partial charge in [0.25, 0.3) is 0 Å². The Morgan fingerprint density at radius 2 is 1.50 bits per heavy atom. The fraction of sp³-hybridized carbons (Fsp3) is 0.695.